The van der Waals surface area contributed by atoms with Gasteiger partial charge in [-0.05, 0) is 32.0 Å². The lowest BCUT2D eigenvalue weighted by atomic mass is 10.3. The monoisotopic (exact) mass is 259 g/mol. The van der Waals surface area contributed by atoms with E-state index in [0.717, 1.165) is 5.69 Å². The summed E-state index contributed by atoms with van der Waals surface area (Å²) in [5, 5.41) is 8.88. The van der Waals surface area contributed by atoms with E-state index in [-0.39, 0.29) is 17.9 Å². The van der Waals surface area contributed by atoms with Crippen LogP contribution in [0.1, 0.15) is 27.6 Å². The summed E-state index contributed by atoms with van der Waals surface area (Å²) in [6.07, 6.45) is 0. The van der Waals surface area contributed by atoms with Gasteiger partial charge in [0.15, 0.2) is 0 Å². The predicted molar refractivity (Wildman–Crippen MR) is 68.3 cm³/mol. The third-order valence-electron chi connectivity index (χ3n) is 2.69. The molecule has 0 aliphatic carbocycles. The zero-order valence-corrected chi connectivity index (χ0v) is 10.6. The van der Waals surface area contributed by atoms with Crippen molar-refractivity contribution in [2.24, 2.45) is 0 Å². The van der Waals surface area contributed by atoms with Gasteiger partial charge in [0.2, 0.25) is 0 Å². The van der Waals surface area contributed by atoms with E-state index in [1.165, 1.54) is 10.6 Å². The molecule has 1 N–H and O–H groups in total. The Morgan fingerprint density at radius 3 is 2.68 bits per heavy atom. The summed E-state index contributed by atoms with van der Waals surface area (Å²) >= 11 is 0. The Bertz CT molecular complexity index is 692. The molecule has 19 heavy (non-hydrogen) atoms. The summed E-state index contributed by atoms with van der Waals surface area (Å²) in [5.74, 6) is -1.09. The molecule has 0 radical (unpaired) electrons. The van der Waals surface area contributed by atoms with E-state index in [0.29, 0.717) is 11.4 Å². The number of pyridine rings is 1. The van der Waals surface area contributed by atoms with Crippen LogP contribution in [0.15, 0.2) is 29.1 Å². The van der Waals surface area contributed by atoms with Gasteiger partial charge < -0.3 is 5.11 Å². The third kappa shape index (κ3) is 2.85. The molecule has 6 nitrogen and oxygen atoms in total. The van der Waals surface area contributed by atoms with E-state index in [2.05, 4.69) is 9.97 Å². The average molecular weight is 259 g/mol. The molecule has 98 valence electrons. The molecule has 0 saturated heterocycles. The van der Waals surface area contributed by atoms with Gasteiger partial charge in [-0.25, -0.2) is 14.6 Å². The highest BCUT2D eigenvalue weighted by Gasteiger charge is 2.08. The van der Waals surface area contributed by atoms with Crippen molar-refractivity contribution in [3.63, 3.8) is 0 Å². The Morgan fingerprint density at radius 2 is 2.05 bits per heavy atom. The van der Waals surface area contributed by atoms with Gasteiger partial charge in [-0.2, -0.15) is 4.98 Å². The SMILES string of the molecule is Cc1cc(C)n(Cc2cccc(C(=O)O)n2)c(=O)n1. The molecule has 0 fully saturated rings. The molecule has 6 heteroatoms. The Kier molecular flexibility index (Phi) is 3.41. The first kappa shape index (κ1) is 12.9. The molecule has 2 aromatic rings. The van der Waals surface area contributed by atoms with Crippen LogP contribution < -0.4 is 5.69 Å². The van der Waals surface area contributed by atoms with Crippen LogP contribution in [0, 0.1) is 13.8 Å². The van der Waals surface area contributed by atoms with Crippen molar-refractivity contribution in [3.8, 4) is 0 Å². The van der Waals surface area contributed by atoms with Crippen LogP contribution in [0.25, 0.3) is 0 Å². The summed E-state index contributed by atoms with van der Waals surface area (Å²) in [7, 11) is 0. The number of rotatable bonds is 3. The molecule has 2 aromatic heterocycles. The van der Waals surface area contributed by atoms with Crippen LogP contribution in [-0.4, -0.2) is 25.6 Å². The zero-order chi connectivity index (χ0) is 14.0. The summed E-state index contributed by atoms with van der Waals surface area (Å²) in [5.41, 5.74) is 1.53. The number of carboxylic acid groups (broad SMARTS) is 1. The number of hydrogen-bond donors (Lipinski definition) is 1. The third-order valence-corrected chi connectivity index (χ3v) is 2.69. The number of carbonyl (C=O) groups is 1. The second-order valence-electron chi connectivity index (χ2n) is 4.23. The number of aryl methyl sites for hydroxylation is 2. The Labute approximate surface area is 109 Å². The van der Waals surface area contributed by atoms with Crippen LogP contribution in [0.4, 0.5) is 0 Å². The van der Waals surface area contributed by atoms with Crippen LogP contribution in [0.3, 0.4) is 0 Å². The highest BCUT2D eigenvalue weighted by molar-refractivity contribution is 5.85. The molecule has 0 unspecified atom stereocenters. The maximum absolute atomic E-state index is 11.8. The highest BCUT2D eigenvalue weighted by atomic mass is 16.4. The van der Waals surface area contributed by atoms with E-state index >= 15 is 0 Å². The second-order valence-corrected chi connectivity index (χ2v) is 4.23. The molecule has 0 aliphatic heterocycles. The van der Waals surface area contributed by atoms with Crippen molar-refractivity contribution < 1.29 is 9.90 Å². The summed E-state index contributed by atoms with van der Waals surface area (Å²) < 4.78 is 1.46. The van der Waals surface area contributed by atoms with Gasteiger partial charge >= 0.3 is 11.7 Å². The van der Waals surface area contributed by atoms with Gasteiger partial charge in [0.1, 0.15) is 5.69 Å². The normalized spacial score (nSPS) is 10.4. The molecule has 0 aliphatic rings. The molecule has 0 amide bonds. The van der Waals surface area contributed by atoms with Crippen molar-refractivity contribution in [1.82, 2.24) is 14.5 Å². The van der Waals surface area contributed by atoms with Crippen LogP contribution in [0.5, 0.6) is 0 Å². The maximum atomic E-state index is 11.8. The Balaban J connectivity index is 2.39. The Hall–Kier alpha value is -2.50. The van der Waals surface area contributed by atoms with Crippen molar-refractivity contribution in [2.45, 2.75) is 20.4 Å². The van der Waals surface area contributed by atoms with Gasteiger partial charge in [-0.15, -0.1) is 0 Å². The lowest BCUT2D eigenvalue weighted by Gasteiger charge is -2.09. The molecule has 2 rings (SSSR count). The molecule has 0 saturated carbocycles. The summed E-state index contributed by atoms with van der Waals surface area (Å²) in [6.45, 7) is 3.76. The standard InChI is InChI=1S/C13H13N3O3/c1-8-6-9(2)16(13(19)14-8)7-10-4-3-5-11(15-10)12(17)18/h3-6H,7H2,1-2H3,(H,17,18). The van der Waals surface area contributed by atoms with Crippen molar-refractivity contribution >= 4 is 5.97 Å². The molecule has 0 aromatic carbocycles. The van der Waals surface area contributed by atoms with Gasteiger partial charge in [0.05, 0.1) is 12.2 Å². The van der Waals surface area contributed by atoms with E-state index in [1.54, 1.807) is 32.0 Å². The number of nitrogens with zero attached hydrogens (tertiary/aromatic N) is 3. The van der Waals surface area contributed by atoms with E-state index in [1.807, 2.05) is 0 Å². The van der Waals surface area contributed by atoms with Gasteiger partial charge in [0, 0.05) is 11.4 Å². The number of aromatic carboxylic acids is 1. The zero-order valence-electron chi connectivity index (χ0n) is 10.6. The lowest BCUT2D eigenvalue weighted by molar-refractivity contribution is 0.0690. The quantitative estimate of drug-likeness (QED) is 0.888. The number of hydrogen-bond acceptors (Lipinski definition) is 4. The van der Waals surface area contributed by atoms with Crippen LogP contribution in [0.2, 0.25) is 0 Å². The second kappa shape index (κ2) is 5.01. The molecule has 0 bridgehead atoms. The summed E-state index contributed by atoms with van der Waals surface area (Å²) in [4.78, 5) is 30.5. The van der Waals surface area contributed by atoms with Gasteiger partial charge in [-0.3, -0.25) is 4.57 Å². The average Bonchev–Trinajstić information content (AvgIpc) is 2.34. The van der Waals surface area contributed by atoms with E-state index in [4.69, 9.17) is 5.11 Å². The van der Waals surface area contributed by atoms with E-state index < -0.39 is 5.97 Å². The first-order valence-corrected chi connectivity index (χ1v) is 5.71. The molecular weight excluding hydrogens is 246 g/mol. The van der Waals surface area contributed by atoms with Crippen LogP contribution in [-0.2, 0) is 6.54 Å². The Morgan fingerprint density at radius 1 is 1.32 bits per heavy atom. The number of carboxylic acids is 1. The minimum absolute atomic E-state index is 0.0386. The molecule has 0 spiro atoms. The number of aromatic nitrogens is 3. The topological polar surface area (TPSA) is 85.1 Å². The highest BCUT2D eigenvalue weighted by Crippen LogP contribution is 2.04. The molecule has 0 atom stereocenters. The van der Waals surface area contributed by atoms with Gasteiger partial charge in [0.25, 0.3) is 0 Å². The van der Waals surface area contributed by atoms with Crippen molar-refractivity contribution in [1.29, 1.82) is 0 Å². The first-order chi connectivity index (χ1) is 8.97. The van der Waals surface area contributed by atoms with Crippen molar-refractivity contribution in [3.05, 3.63) is 57.5 Å². The first-order valence-electron chi connectivity index (χ1n) is 5.71. The summed E-state index contributed by atoms with van der Waals surface area (Å²) in [6, 6.07) is 6.49. The largest absolute Gasteiger partial charge is 0.477 e. The lowest BCUT2D eigenvalue weighted by Crippen LogP contribution is -2.26. The fourth-order valence-electron chi connectivity index (χ4n) is 1.82. The molecule has 2 heterocycles. The minimum atomic E-state index is -1.09. The fourth-order valence-corrected chi connectivity index (χ4v) is 1.82. The predicted octanol–water partition coefficient (Wildman–Crippen LogP) is 1.00. The van der Waals surface area contributed by atoms with Crippen LogP contribution >= 0.6 is 0 Å². The van der Waals surface area contributed by atoms with E-state index in [9.17, 15) is 9.59 Å². The smallest absolute Gasteiger partial charge is 0.354 e. The maximum Gasteiger partial charge on any atom is 0.354 e. The fraction of sp³-hybridized carbons (Fsp3) is 0.231. The molecular formula is C13H13N3O3. The van der Waals surface area contributed by atoms with Gasteiger partial charge in [-0.1, -0.05) is 6.07 Å². The van der Waals surface area contributed by atoms with Crippen molar-refractivity contribution in [2.75, 3.05) is 0 Å². The minimum Gasteiger partial charge on any atom is -0.477 e.